The van der Waals surface area contributed by atoms with Gasteiger partial charge < -0.3 is 15.1 Å². The molecule has 3 rings (SSSR count). The first-order valence-corrected chi connectivity index (χ1v) is 9.52. The number of hydrogen-bond donors (Lipinski definition) is 1. The minimum absolute atomic E-state index is 0.00760. The Labute approximate surface area is 161 Å². The molecule has 1 heterocycles. The Morgan fingerprint density at radius 1 is 1.04 bits per heavy atom. The molecule has 0 saturated carbocycles. The molecule has 0 atom stereocenters. The molecule has 1 saturated heterocycles. The van der Waals surface area contributed by atoms with Gasteiger partial charge in [-0.15, -0.1) is 0 Å². The maximum Gasteiger partial charge on any atom is 0.244 e. The van der Waals surface area contributed by atoms with Crippen molar-refractivity contribution in [1.82, 2.24) is 0 Å². The zero-order valence-electron chi connectivity index (χ0n) is 16.1. The Kier molecular flexibility index (Phi) is 6.12. The largest absolute Gasteiger partial charge is 0.372 e. The third kappa shape index (κ3) is 5.09. The van der Waals surface area contributed by atoms with Crippen LogP contribution in [0.1, 0.15) is 31.7 Å². The maximum atomic E-state index is 12.4. The van der Waals surface area contributed by atoms with Crippen LogP contribution in [0.5, 0.6) is 0 Å². The molecule has 2 aromatic carbocycles. The van der Waals surface area contributed by atoms with E-state index in [1.165, 1.54) is 36.8 Å². The van der Waals surface area contributed by atoms with Gasteiger partial charge in [0, 0.05) is 37.1 Å². The standard InChI is InChI=1S/C22H27N3O2/c1-17-7-6-8-19(15-17)23-22(27)16-25(18(2)26)21-11-9-20(10-12-21)24-13-4-3-5-14-24/h6-12,15H,3-5,13-14,16H2,1-2H3,(H,23,27). The molecule has 1 N–H and O–H groups in total. The Morgan fingerprint density at radius 2 is 1.74 bits per heavy atom. The van der Waals surface area contributed by atoms with Crippen molar-refractivity contribution in [2.45, 2.75) is 33.1 Å². The zero-order chi connectivity index (χ0) is 19.2. The highest BCUT2D eigenvalue weighted by molar-refractivity contribution is 6.01. The van der Waals surface area contributed by atoms with Gasteiger partial charge in [0.2, 0.25) is 11.8 Å². The first kappa shape index (κ1) is 19.0. The SMILES string of the molecule is CC(=O)N(CC(=O)Nc1cccc(C)c1)c1ccc(N2CCCCC2)cc1. The van der Waals surface area contributed by atoms with Gasteiger partial charge in [0.25, 0.3) is 0 Å². The van der Waals surface area contributed by atoms with Crippen molar-refractivity contribution in [3.8, 4) is 0 Å². The molecule has 2 amide bonds. The van der Waals surface area contributed by atoms with Gasteiger partial charge in [-0.05, 0) is 68.1 Å². The summed E-state index contributed by atoms with van der Waals surface area (Å²) >= 11 is 0. The smallest absolute Gasteiger partial charge is 0.244 e. The van der Waals surface area contributed by atoms with Crippen LogP contribution in [0, 0.1) is 6.92 Å². The van der Waals surface area contributed by atoms with Gasteiger partial charge in [-0.1, -0.05) is 12.1 Å². The number of carbonyl (C=O) groups excluding carboxylic acids is 2. The van der Waals surface area contributed by atoms with E-state index in [1.807, 2.05) is 55.5 Å². The molecule has 0 unspecified atom stereocenters. The van der Waals surface area contributed by atoms with Gasteiger partial charge in [0.1, 0.15) is 6.54 Å². The second-order valence-corrected chi connectivity index (χ2v) is 7.09. The normalized spacial score (nSPS) is 13.9. The van der Waals surface area contributed by atoms with Gasteiger partial charge in [-0.3, -0.25) is 9.59 Å². The Balaban J connectivity index is 1.67. The van der Waals surface area contributed by atoms with Gasteiger partial charge in [0.05, 0.1) is 0 Å². The lowest BCUT2D eigenvalue weighted by molar-refractivity contribution is -0.120. The number of piperidine rings is 1. The second kappa shape index (κ2) is 8.71. The van der Waals surface area contributed by atoms with Crippen LogP contribution in [0.4, 0.5) is 17.1 Å². The molecule has 2 aromatic rings. The molecule has 0 radical (unpaired) electrons. The van der Waals surface area contributed by atoms with E-state index in [0.717, 1.165) is 30.0 Å². The minimum atomic E-state index is -0.212. The van der Waals surface area contributed by atoms with Gasteiger partial charge in [-0.25, -0.2) is 0 Å². The molecule has 1 aliphatic rings. The molecule has 5 nitrogen and oxygen atoms in total. The van der Waals surface area contributed by atoms with Crippen LogP contribution in [-0.2, 0) is 9.59 Å². The van der Waals surface area contributed by atoms with Crippen molar-refractivity contribution in [2.24, 2.45) is 0 Å². The van der Waals surface area contributed by atoms with E-state index in [4.69, 9.17) is 0 Å². The monoisotopic (exact) mass is 365 g/mol. The summed E-state index contributed by atoms with van der Waals surface area (Å²) in [6.45, 7) is 5.61. The molecule has 5 heteroatoms. The van der Waals surface area contributed by atoms with E-state index >= 15 is 0 Å². The minimum Gasteiger partial charge on any atom is -0.372 e. The summed E-state index contributed by atoms with van der Waals surface area (Å²) in [6.07, 6.45) is 3.74. The first-order valence-electron chi connectivity index (χ1n) is 9.52. The number of nitrogens with zero attached hydrogens (tertiary/aromatic N) is 2. The summed E-state index contributed by atoms with van der Waals surface area (Å²) in [5, 5.41) is 2.86. The van der Waals surface area contributed by atoms with Crippen LogP contribution >= 0.6 is 0 Å². The Morgan fingerprint density at radius 3 is 2.37 bits per heavy atom. The number of nitrogens with one attached hydrogen (secondary N) is 1. The molecule has 0 spiro atoms. The number of benzene rings is 2. The maximum absolute atomic E-state index is 12.4. The molecule has 1 fully saturated rings. The summed E-state index contributed by atoms with van der Waals surface area (Å²) in [5.41, 5.74) is 3.72. The lowest BCUT2D eigenvalue weighted by Gasteiger charge is -2.29. The summed E-state index contributed by atoms with van der Waals surface area (Å²) in [6, 6.07) is 15.5. The average molecular weight is 365 g/mol. The van der Waals surface area contributed by atoms with Crippen molar-refractivity contribution >= 4 is 28.9 Å². The summed E-state index contributed by atoms with van der Waals surface area (Å²) in [4.78, 5) is 28.4. The topological polar surface area (TPSA) is 52.7 Å². The van der Waals surface area contributed by atoms with Crippen LogP contribution in [0.2, 0.25) is 0 Å². The molecule has 27 heavy (non-hydrogen) atoms. The average Bonchev–Trinajstić information content (AvgIpc) is 2.67. The fraction of sp³-hybridized carbons (Fsp3) is 0.364. The van der Waals surface area contributed by atoms with E-state index in [9.17, 15) is 9.59 Å². The Hall–Kier alpha value is -2.82. The van der Waals surface area contributed by atoms with E-state index in [0.29, 0.717) is 0 Å². The molecular formula is C22H27N3O2. The Bertz CT molecular complexity index is 795. The number of anilines is 3. The van der Waals surface area contributed by atoms with Crippen molar-refractivity contribution in [1.29, 1.82) is 0 Å². The fourth-order valence-electron chi connectivity index (χ4n) is 3.45. The van der Waals surface area contributed by atoms with Crippen LogP contribution in [0.15, 0.2) is 48.5 Å². The molecule has 1 aliphatic heterocycles. The number of amides is 2. The summed E-state index contributed by atoms with van der Waals surface area (Å²) in [5.74, 6) is -0.365. The van der Waals surface area contributed by atoms with E-state index in [2.05, 4.69) is 10.2 Å². The number of rotatable bonds is 5. The number of carbonyl (C=O) groups is 2. The predicted octanol–water partition coefficient (Wildman–Crippen LogP) is 3.98. The third-order valence-electron chi connectivity index (χ3n) is 4.87. The lowest BCUT2D eigenvalue weighted by Crippen LogP contribution is -2.36. The second-order valence-electron chi connectivity index (χ2n) is 7.09. The van der Waals surface area contributed by atoms with Gasteiger partial charge >= 0.3 is 0 Å². The fourth-order valence-corrected chi connectivity index (χ4v) is 3.45. The van der Waals surface area contributed by atoms with Crippen LogP contribution in [-0.4, -0.2) is 31.4 Å². The van der Waals surface area contributed by atoms with Crippen molar-refractivity contribution in [3.63, 3.8) is 0 Å². The summed E-state index contributed by atoms with van der Waals surface area (Å²) < 4.78 is 0. The van der Waals surface area contributed by atoms with Crippen LogP contribution < -0.4 is 15.1 Å². The highest BCUT2D eigenvalue weighted by Crippen LogP contribution is 2.24. The predicted molar refractivity (Wildman–Crippen MR) is 110 cm³/mol. The highest BCUT2D eigenvalue weighted by atomic mass is 16.2. The molecular weight excluding hydrogens is 338 g/mol. The van der Waals surface area contributed by atoms with E-state index < -0.39 is 0 Å². The van der Waals surface area contributed by atoms with E-state index in [-0.39, 0.29) is 18.4 Å². The van der Waals surface area contributed by atoms with Gasteiger partial charge in [-0.2, -0.15) is 0 Å². The molecule has 0 aromatic heterocycles. The summed E-state index contributed by atoms with van der Waals surface area (Å²) in [7, 11) is 0. The van der Waals surface area contributed by atoms with E-state index in [1.54, 1.807) is 0 Å². The number of hydrogen-bond acceptors (Lipinski definition) is 3. The quantitative estimate of drug-likeness (QED) is 0.872. The molecule has 0 bridgehead atoms. The highest BCUT2D eigenvalue weighted by Gasteiger charge is 2.17. The first-order chi connectivity index (χ1) is 13.0. The number of aryl methyl sites for hydroxylation is 1. The molecule has 142 valence electrons. The zero-order valence-corrected chi connectivity index (χ0v) is 16.1. The van der Waals surface area contributed by atoms with Crippen LogP contribution in [0.25, 0.3) is 0 Å². The van der Waals surface area contributed by atoms with Crippen molar-refractivity contribution in [3.05, 3.63) is 54.1 Å². The third-order valence-corrected chi connectivity index (χ3v) is 4.87. The van der Waals surface area contributed by atoms with Crippen molar-refractivity contribution in [2.75, 3.05) is 34.8 Å². The molecule has 0 aliphatic carbocycles. The van der Waals surface area contributed by atoms with Gasteiger partial charge in [0.15, 0.2) is 0 Å². The van der Waals surface area contributed by atoms with Crippen LogP contribution in [0.3, 0.4) is 0 Å². The lowest BCUT2D eigenvalue weighted by atomic mass is 10.1. The van der Waals surface area contributed by atoms with Crippen molar-refractivity contribution < 1.29 is 9.59 Å².